The molecule has 1 amide bonds. The summed E-state index contributed by atoms with van der Waals surface area (Å²) in [7, 11) is 1.53. The van der Waals surface area contributed by atoms with E-state index in [-0.39, 0.29) is 19.0 Å². The molecule has 2 aromatic carbocycles. The molecule has 0 spiro atoms. The summed E-state index contributed by atoms with van der Waals surface area (Å²) < 4.78 is 46.1. The standard InChI is InChI=1S/C24H23F3N2O2/c1-3-12-29(23(30)19-8-5-11-22(15-19)31-2)17-21-10-6-13-28(21)16-18-7-4-9-20(14-18)24(25,26)27/h3-11,13-15H,1,12,16-17H2,2H3. The fourth-order valence-electron chi connectivity index (χ4n) is 3.30. The first-order chi connectivity index (χ1) is 14.8. The normalized spacial score (nSPS) is 11.2. The Balaban J connectivity index is 1.81. The lowest BCUT2D eigenvalue weighted by Crippen LogP contribution is -2.31. The minimum atomic E-state index is -4.39. The first-order valence-electron chi connectivity index (χ1n) is 9.66. The molecule has 0 aliphatic heterocycles. The van der Waals surface area contributed by atoms with E-state index in [2.05, 4.69) is 6.58 Å². The third kappa shape index (κ3) is 5.57. The van der Waals surface area contributed by atoms with Crippen LogP contribution >= 0.6 is 0 Å². The Labute approximate surface area is 179 Å². The van der Waals surface area contributed by atoms with E-state index >= 15 is 0 Å². The predicted octanol–water partition coefficient (Wildman–Crippen LogP) is 5.39. The zero-order valence-electron chi connectivity index (χ0n) is 17.1. The molecule has 3 rings (SSSR count). The Morgan fingerprint density at radius 1 is 1.13 bits per heavy atom. The van der Waals surface area contributed by atoms with Crippen molar-refractivity contribution in [2.75, 3.05) is 13.7 Å². The van der Waals surface area contributed by atoms with Crippen LogP contribution in [-0.2, 0) is 19.3 Å². The van der Waals surface area contributed by atoms with Gasteiger partial charge in [0.05, 0.1) is 19.2 Å². The quantitative estimate of drug-likeness (QED) is 0.451. The number of halogens is 3. The van der Waals surface area contributed by atoms with Crippen LogP contribution in [0.15, 0.2) is 79.5 Å². The van der Waals surface area contributed by atoms with Crippen molar-refractivity contribution in [2.24, 2.45) is 0 Å². The Hall–Kier alpha value is -3.48. The maximum Gasteiger partial charge on any atom is 0.416 e. The smallest absolute Gasteiger partial charge is 0.416 e. The van der Waals surface area contributed by atoms with Gasteiger partial charge in [0, 0.05) is 30.5 Å². The number of ether oxygens (including phenoxy) is 1. The van der Waals surface area contributed by atoms with Crippen LogP contribution in [0.3, 0.4) is 0 Å². The van der Waals surface area contributed by atoms with Gasteiger partial charge in [0.2, 0.25) is 0 Å². The number of hydrogen-bond donors (Lipinski definition) is 0. The van der Waals surface area contributed by atoms with E-state index in [1.165, 1.54) is 13.2 Å². The maximum atomic E-state index is 13.0. The minimum Gasteiger partial charge on any atom is -0.497 e. The largest absolute Gasteiger partial charge is 0.497 e. The molecule has 1 aromatic heterocycles. The van der Waals surface area contributed by atoms with Gasteiger partial charge >= 0.3 is 6.18 Å². The number of methoxy groups -OCH3 is 1. The van der Waals surface area contributed by atoms with E-state index < -0.39 is 11.7 Å². The van der Waals surface area contributed by atoms with E-state index in [9.17, 15) is 18.0 Å². The van der Waals surface area contributed by atoms with Gasteiger partial charge in [0.15, 0.2) is 0 Å². The molecule has 3 aromatic rings. The molecule has 0 unspecified atom stereocenters. The average molecular weight is 428 g/mol. The monoisotopic (exact) mass is 428 g/mol. The highest BCUT2D eigenvalue weighted by molar-refractivity contribution is 5.94. The topological polar surface area (TPSA) is 34.5 Å². The number of benzene rings is 2. The molecule has 4 nitrogen and oxygen atoms in total. The highest BCUT2D eigenvalue weighted by atomic mass is 19.4. The first-order valence-corrected chi connectivity index (χ1v) is 9.66. The molecule has 0 saturated carbocycles. The third-order valence-electron chi connectivity index (χ3n) is 4.84. The molecular formula is C24H23F3N2O2. The number of carbonyl (C=O) groups is 1. The highest BCUT2D eigenvalue weighted by Crippen LogP contribution is 2.29. The van der Waals surface area contributed by atoms with Gasteiger partial charge < -0.3 is 14.2 Å². The minimum absolute atomic E-state index is 0.189. The molecule has 0 aliphatic rings. The van der Waals surface area contributed by atoms with Crippen LogP contribution in [0.2, 0.25) is 0 Å². The summed E-state index contributed by atoms with van der Waals surface area (Å²) in [4.78, 5) is 14.7. The van der Waals surface area contributed by atoms with Crippen LogP contribution in [-0.4, -0.2) is 29.0 Å². The summed E-state index contributed by atoms with van der Waals surface area (Å²) in [6, 6.07) is 15.8. The number of hydrogen-bond acceptors (Lipinski definition) is 2. The lowest BCUT2D eigenvalue weighted by molar-refractivity contribution is -0.137. The molecular weight excluding hydrogens is 405 g/mol. The van der Waals surface area contributed by atoms with E-state index in [1.54, 1.807) is 47.5 Å². The van der Waals surface area contributed by atoms with E-state index in [4.69, 9.17) is 4.74 Å². The van der Waals surface area contributed by atoms with Crippen molar-refractivity contribution in [1.82, 2.24) is 9.47 Å². The van der Waals surface area contributed by atoms with Crippen LogP contribution in [0, 0.1) is 0 Å². The van der Waals surface area contributed by atoms with Crippen molar-refractivity contribution in [3.05, 3.63) is 102 Å². The Morgan fingerprint density at radius 2 is 1.90 bits per heavy atom. The molecule has 1 heterocycles. The van der Waals surface area contributed by atoms with Crippen molar-refractivity contribution < 1.29 is 22.7 Å². The second kappa shape index (κ2) is 9.55. The Morgan fingerprint density at radius 3 is 2.61 bits per heavy atom. The highest BCUT2D eigenvalue weighted by Gasteiger charge is 2.30. The van der Waals surface area contributed by atoms with Gasteiger partial charge in [0.25, 0.3) is 5.91 Å². The fourth-order valence-corrected chi connectivity index (χ4v) is 3.30. The van der Waals surface area contributed by atoms with Gasteiger partial charge in [-0.1, -0.05) is 24.3 Å². The van der Waals surface area contributed by atoms with Gasteiger partial charge in [-0.3, -0.25) is 4.79 Å². The molecule has 0 fully saturated rings. The predicted molar refractivity (Wildman–Crippen MR) is 113 cm³/mol. The Bertz CT molecular complexity index is 1060. The number of aromatic nitrogens is 1. The molecule has 0 radical (unpaired) electrons. The van der Waals surface area contributed by atoms with Gasteiger partial charge in [0.1, 0.15) is 5.75 Å². The average Bonchev–Trinajstić information content (AvgIpc) is 3.19. The fraction of sp³-hybridized carbons (Fsp3) is 0.208. The van der Waals surface area contributed by atoms with Gasteiger partial charge in [-0.25, -0.2) is 0 Å². The molecule has 0 saturated heterocycles. The summed E-state index contributed by atoms with van der Waals surface area (Å²) >= 11 is 0. The summed E-state index contributed by atoms with van der Waals surface area (Å²) in [5.41, 5.74) is 1.13. The number of alkyl halides is 3. The molecule has 7 heteroatoms. The number of amides is 1. The molecule has 0 N–H and O–H groups in total. The van der Waals surface area contributed by atoms with Crippen molar-refractivity contribution in [3.8, 4) is 5.75 Å². The lowest BCUT2D eigenvalue weighted by atomic mass is 10.1. The van der Waals surface area contributed by atoms with Crippen LogP contribution in [0.1, 0.15) is 27.2 Å². The maximum absolute atomic E-state index is 13.0. The molecule has 0 bridgehead atoms. The van der Waals surface area contributed by atoms with Gasteiger partial charge in [-0.2, -0.15) is 13.2 Å². The second-order valence-corrected chi connectivity index (χ2v) is 7.03. The third-order valence-corrected chi connectivity index (χ3v) is 4.84. The lowest BCUT2D eigenvalue weighted by Gasteiger charge is -2.23. The van der Waals surface area contributed by atoms with Crippen LogP contribution in [0.4, 0.5) is 13.2 Å². The summed E-state index contributed by atoms with van der Waals surface area (Å²) in [5, 5.41) is 0. The van der Waals surface area contributed by atoms with E-state index in [1.807, 2.05) is 16.7 Å². The zero-order chi connectivity index (χ0) is 22.4. The van der Waals surface area contributed by atoms with Crippen molar-refractivity contribution in [2.45, 2.75) is 19.3 Å². The molecule has 0 aliphatic carbocycles. The van der Waals surface area contributed by atoms with Gasteiger partial charge in [-0.05, 0) is 48.0 Å². The summed E-state index contributed by atoms with van der Waals surface area (Å²) in [6.07, 6.45) is -0.963. The number of rotatable bonds is 8. The van der Waals surface area contributed by atoms with Crippen molar-refractivity contribution >= 4 is 5.91 Å². The van der Waals surface area contributed by atoms with Crippen LogP contribution in [0.25, 0.3) is 0 Å². The van der Waals surface area contributed by atoms with E-state index in [0.29, 0.717) is 23.4 Å². The number of nitrogens with zero attached hydrogens (tertiary/aromatic N) is 2. The number of carbonyl (C=O) groups excluding carboxylic acids is 1. The SMILES string of the molecule is C=CCN(Cc1cccn1Cc1cccc(C(F)(F)F)c1)C(=O)c1cccc(OC)c1. The molecule has 162 valence electrons. The molecule has 31 heavy (non-hydrogen) atoms. The van der Waals surface area contributed by atoms with Crippen LogP contribution in [0.5, 0.6) is 5.75 Å². The van der Waals surface area contributed by atoms with Crippen molar-refractivity contribution in [3.63, 3.8) is 0 Å². The molecule has 0 atom stereocenters. The second-order valence-electron chi connectivity index (χ2n) is 7.03. The summed E-state index contributed by atoms with van der Waals surface area (Å²) in [5.74, 6) is 0.392. The van der Waals surface area contributed by atoms with E-state index in [0.717, 1.165) is 17.8 Å². The first kappa shape index (κ1) is 22.2. The summed E-state index contributed by atoms with van der Waals surface area (Å²) in [6.45, 7) is 4.61. The van der Waals surface area contributed by atoms with Gasteiger partial charge in [-0.15, -0.1) is 6.58 Å². The Kier molecular flexibility index (Phi) is 6.84. The van der Waals surface area contributed by atoms with Crippen LogP contribution < -0.4 is 4.74 Å². The van der Waals surface area contributed by atoms with Crippen molar-refractivity contribution in [1.29, 1.82) is 0 Å². The zero-order valence-corrected chi connectivity index (χ0v) is 17.1.